The van der Waals surface area contributed by atoms with Crippen molar-refractivity contribution in [2.45, 2.75) is 5.25 Å². The van der Waals surface area contributed by atoms with E-state index in [0.29, 0.717) is 16.7 Å². The molecule has 1 aliphatic heterocycles. The molecular weight excluding hydrogens is 280 g/mol. The van der Waals surface area contributed by atoms with E-state index in [1.54, 1.807) is 24.3 Å². The largest absolute Gasteiger partial charge is 0.484 e. The van der Waals surface area contributed by atoms with Crippen LogP contribution in [0.3, 0.4) is 0 Å². The average molecular weight is 298 g/mol. The lowest BCUT2D eigenvalue weighted by Gasteiger charge is -2.21. The van der Waals surface area contributed by atoms with Gasteiger partial charge in [-0.3, -0.25) is 4.79 Å². The summed E-state index contributed by atoms with van der Waals surface area (Å²) in [6.07, 6.45) is 0. The van der Waals surface area contributed by atoms with E-state index in [0.717, 1.165) is 12.3 Å². The summed E-state index contributed by atoms with van der Waals surface area (Å²) < 4.78 is 5.38. The summed E-state index contributed by atoms with van der Waals surface area (Å²) in [5.41, 5.74) is 6.27. The number of rotatable bonds is 5. The van der Waals surface area contributed by atoms with Crippen LogP contribution in [0.15, 0.2) is 24.3 Å². The van der Waals surface area contributed by atoms with E-state index in [1.807, 2.05) is 23.5 Å². The predicted octanol–water partition coefficient (Wildman–Crippen LogP) is 1.61. The first-order valence-electron chi connectivity index (χ1n) is 6.18. The van der Waals surface area contributed by atoms with Gasteiger partial charge in [0, 0.05) is 40.8 Å². The molecule has 1 amide bonds. The van der Waals surface area contributed by atoms with Gasteiger partial charge in [0.1, 0.15) is 5.75 Å². The van der Waals surface area contributed by atoms with Gasteiger partial charge >= 0.3 is 0 Å². The molecule has 0 radical (unpaired) electrons. The fourth-order valence-corrected chi connectivity index (χ4v) is 4.30. The number of nitrogen functional groups attached to an aromatic ring is 1. The molecule has 1 aliphatic rings. The van der Waals surface area contributed by atoms with Crippen LogP contribution in [0.25, 0.3) is 0 Å². The number of thioether (sulfide) groups is 2. The Morgan fingerprint density at radius 3 is 3.11 bits per heavy atom. The van der Waals surface area contributed by atoms with Crippen LogP contribution in [0.4, 0.5) is 5.69 Å². The molecule has 1 unspecified atom stereocenters. The molecule has 2 rings (SSSR count). The molecule has 104 valence electrons. The minimum atomic E-state index is -0.0846. The summed E-state index contributed by atoms with van der Waals surface area (Å²) >= 11 is 3.88. The maximum Gasteiger partial charge on any atom is 0.257 e. The first-order chi connectivity index (χ1) is 9.24. The van der Waals surface area contributed by atoms with Gasteiger partial charge in [0.25, 0.3) is 5.91 Å². The molecule has 0 aromatic heterocycles. The van der Waals surface area contributed by atoms with Gasteiger partial charge in [-0.15, -0.1) is 0 Å². The molecule has 6 heteroatoms. The van der Waals surface area contributed by atoms with Crippen molar-refractivity contribution in [1.82, 2.24) is 5.32 Å². The van der Waals surface area contributed by atoms with Crippen molar-refractivity contribution in [2.24, 2.45) is 0 Å². The molecule has 1 fully saturated rings. The van der Waals surface area contributed by atoms with Gasteiger partial charge in [0.05, 0.1) is 0 Å². The Kier molecular flexibility index (Phi) is 5.72. The topological polar surface area (TPSA) is 64.3 Å². The van der Waals surface area contributed by atoms with Crippen molar-refractivity contribution in [3.05, 3.63) is 24.3 Å². The molecule has 0 bridgehead atoms. The highest BCUT2D eigenvalue weighted by molar-refractivity contribution is 8.06. The zero-order valence-electron chi connectivity index (χ0n) is 10.6. The van der Waals surface area contributed by atoms with E-state index in [2.05, 4.69) is 5.32 Å². The Bertz CT molecular complexity index is 423. The van der Waals surface area contributed by atoms with Gasteiger partial charge in [0.2, 0.25) is 0 Å². The van der Waals surface area contributed by atoms with Crippen molar-refractivity contribution in [1.29, 1.82) is 0 Å². The fourth-order valence-electron chi connectivity index (χ4n) is 1.69. The molecule has 1 aromatic rings. The number of hydrogen-bond donors (Lipinski definition) is 2. The van der Waals surface area contributed by atoms with Crippen molar-refractivity contribution in [3.63, 3.8) is 0 Å². The Balaban J connectivity index is 1.66. The molecule has 0 spiro atoms. The smallest absolute Gasteiger partial charge is 0.257 e. The van der Waals surface area contributed by atoms with E-state index >= 15 is 0 Å². The highest BCUT2D eigenvalue weighted by Crippen LogP contribution is 2.23. The van der Waals surface area contributed by atoms with E-state index in [1.165, 1.54) is 11.5 Å². The van der Waals surface area contributed by atoms with E-state index in [4.69, 9.17) is 10.5 Å². The summed E-state index contributed by atoms with van der Waals surface area (Å²) in [6.45, 7) is 0.755. The highest BCUT2D eigenvalue weighted by atomic mass is 32.2. The molecule has 1 heterocycles. The Labute approximate surface area is 121 Å². The second kappa shape index (κ2) is 7.55. The average Bonchev–Trinajstić information content (AvgIpc) is 2.44. The number of ether oxygens (including phenoxy) is 1. The zero-order valence-corrected chi connectivity index (χ0v) is 12.3. The van der Waals surface area contributed by atoms with E-state index in [9.17, 15) is 4.79 Å². The summed E-state index contributed by atoms with van der Waals surface area (Å²) in [5, 5.41) is 3.43. The number of amides is 1. The van der Waals surface area contributed by atoms with Gasteiger partial charge in [-0.2, -0.15) is 23.5 Å². The monoisotopic (exact) mass is 298 g/mol. The van der Waals surface area contributed by atoms with Crippen LogP contribution in [-0.2, 0) is 4.79 Å². The summed E-state index contributed by atoms with van der Waals surface area (Å²) in [7, 11) is 0. The highest BCUT2D eigenvalue weighted by Gasteiger charge is 2.15. The lowest BCUT2D eigenvalue weighted by atomic mass is 10.3. The molecule has 1 saturated heterocycles. The van der Waals surface area contributed by atoms with Crippen LogP contribution in [0, 0.1) is 0 Å². The second-order valence-corrected chi connectivity index (χ2v) is 6.79. The Morgan fingerprint density at radius 2 is 2.37 bits per heavy atom. The maximum atomic E-state index is 11.7. The molecule has 0 saturated carbocycles. The van der Waals surface area contributed by atoms with E-state index < -0.39 is 0 Å². The predicted molar refractivity (Wildman–Crippen MR) is 82.9 cm³/mol. The first kappa shape index (κ1) is 14.4. The second-order valence-electron chi connectivity index (χ2n) is 4.23. The minimum absolute atomic E-state index is 0.0357. The third-order valence-electron chi connectivity index (χ3n) is 2.64. The molecule has 19 heavy (non-hydrogen) atoms. The van der Waals surface area contributed by atoms with Crippen molar-refractivity contribution >= 4 is 35.1 Å². The quantitative estimate of drug-likeness (QED) is 0.809. The summed E-state index contributed by atoms with van der Waals surface area (Å²) in [5.74, 6) is 4.04. The molecule has 0 aliphatic carbocycles. The van der Waals surface area contributed by atoms with Crippen LogP contribution in [0.1, 0.15) is 0 Å². The summed E-state index contributed by atoms with van der Waals surface area (Å²) in [6, 6.07) is 7.08. The Morgan fingerprint density at radius 1 is 1.47 bits per heavy atom. The third kappa shape index (κ3) is 5.24. The number of benzene rings is 1. The van der Waals surface area contributed by atoms with Gasteiger partial charge < -0.3 is 15.8 Å². The van der Waals surface area contributed by atoms with Gasteiger partial charge in [-0.1, -0.05) is 6.07 Å². The maximum absolute atomic E-state index is 11.7. The SMILES string of the molecule is Nc1cccc(OCC(=O)NCC2CSCCS2)c1. The number of anilines is 1. The number of carbonyl (C=O) groups is 1. The summed E-state index contributed by atoms with van der Waals surface area (Å²) in [4.78, 5) is 11.7. The van der Waals surface area contributed by atoms with Crippen LogP contribution < -0.4 is 15.8 Å². The van der Waals surface area contributed by atoms with Gasteiger partial charge in [0.15, 0.2) is 6.61 Å². The lowest BCUT2D eigenvalue weighted by molar-refractivity contribution is -0.123. The van der Waals surface area contributed by atoms with Crippen LogP contribution >= 0.6 is 23.5 Å². The zero-order chi connectivity index (χ0) is 13.5. The van der Waals surface area contributed by atoms with Crippen molar-refractivity contribution < 1.29 is 9.53 Å². The molecule has 4 nitrogen and oxygen atoms in total. The molecule has 1 atom stereocenters. The van der Waals surface area contributed by atoms with Crippen LogP contribution in [-0.4, -0.2) is 41.6 Å². The minimum Gasteiger partial charge on any atom is -0.484 e. The van der Waals surface area contributed by atoms with Crippen molar-refractivity contribution in [3.8, 4) is 5.75 Å². The normalized spacial score (nSPS) is 18.8. The van der Waals surface area contributed by atoms with Crippen molar-refractivity contribution in [2.75, 3.05) is 36.1 Å². The Hall–Kier alpha value is -1.01. The molecule has 1 aromatic carbocycles. The number of carbonyl (C=O) groups excluding carboxylic acids is 1. The molecule has 3 N–H and O–H groups in total. The standard InChI is InChI=1S/C13H18N2O2S2/c14-10-2-1-3-11(6-10)17-8-13(16)15-7-12-9-18-4-5-19-12/h1-3,6,12H,4-5,7-9,14H2,(H,15,16). The lowest BCUT2D eigenvalue weighted by Crippen LogP contribution is -2.36. The third-order valence-corrected chi connectivity index (χ3v) is 5.48. The van der Waals surface area contributed by atoms with Gasteiger partial charge in [-0.05, 0) is 12.1 Å². The fraction of sp³-hybridized carbons (Fsp3) is 0.462. The first-order valence-corrected chi connectivity index (χ1v) is 8.39. The number of nitrogens with one attached hydrogen (secondary N) is 1. The van der Waals surface area contributed by atoms with E-state index in [-0.39, 0.29) is 12.5 Å². The van der Waals surface area contributed by atoms with Crippen LogP contribution in [0.5, 0.6) is 5.75 Å². The molecular formula is C13H18N2O2S2. The number of hydrogen-bond acceptors (Lipinski definition) is 5. The van der Waals surface area contributed by atoms with Crippen LogP contribution in [0.2, 0.25) is 0 Å². The number of nitrogens with two attached hydrogens (primary N) is 1. The van der Waals surface area contributed by atoms with Gasteiger partial charge in [-0.25, -0.2) is 0 Å².